The molecule has 1 saturated heterocycles. The van der Waals surface area contributed by atoms with E-state index in [1.807, 2.05) is 32.0 Å². The van der Waals surface area contributed by atoms with E-state index in [4.69, 9.17) is 5.73 Å². The smallest absolute Gasteiger partial charge is 0.313 e. The van der Waals surface area contributed by atoms with E-state index in [1.54, 1.807) is 11.0 Å². The molecule has 3 aromatic rings. The van der Waals surface area contributed by atoms with Gasteiger partial charge in [-0.05, 0) is 61.4 Å². The van der Waals surface area contributed by atoms with E-state index in [0.29, 0.717) is 30.4 Å². The molecule has 0 bridgehead atoms. The second-order valence-corrected chi connectivity index (χ2v) is 8.33. The first-order valence-corrected chi connectivity index (χ1v) is 10.7. The number of aromatic nitrogens is 3. The van der Waals surface area contributed by atoms with E-state index < -0.39 is 11.8 Å². The summed E-state index contributed by atoms with van der Waals surface area (Å²) in [6.45, 7) is 6.52. The van der Waals surface area contributed by atoms with Crippen LogP contribution in [0.3, 0.4) is 0 Å². The van der Waals surface area contributed by atoms with Crippen molar-refractivity contribution >= 4 is 34.4 Å². The van der Waals surface area contributed by atoms with Gasteiger partial charge in [0, 0.05) is 6.54 Å². The minimum absolute atomic E-state index is 0.154. The maximum Gasteiger partial charge on any atom is 0.313 e. The Labute approximate surface area is 181 Å². The summed E-state index contributed by atoms with van der Waals surface area (Å²) < 4.78 is 0. The number of aromatic amines is 1. The lowest BCUT2D eigenvalue weighted by atomic mass is 9.89. The number of nitrogens with two attached hydrogens (primary N) is 1. The third-order valence-electron chi connectivity index (χ3n) is 5.92. The van der Waals surface area contributed by atoms with Crippen LogP contribution in [0, 0.1) is 12.8 Å². The van der Waals surface area contributed by atoms with E-state index >= 15 is 0 Å². The number of amides is 2. The third kappa shape index (κ3) is 4.23. The number of nitrogens with one attached hydrogen (secondary N) is 2. The van der Waals surface area contributed by atoms with Crippen LogP contribution >= 0.6 is 0 Å². The van der Waals surface area contributed by atoms with Gasteiger partial charge in [-0.3, -0.25) is 9.59 Å². The van der Waals surface area contributed by atoms with Gasteiger partial charge in [0.05, 0.1) is 29.0 Å². The molecule has 0 spiro atoms. The van der Waals surface area contributed by atoms with E-state index in [0.717, 1.165) is 40.8 Å². The predicted molar refractivity (Wildman–Crippen MR) is 120 cm³/mol. The number of fused-ring (bicyclic) bond motifs is 1. The summed E-state index contributed by atoms with van der Waals surface area (Å²) in [7, 11) is 0. The van der Waals surface area contributed by atoms with Crippen LogP contribution in [0.15, 0.2) is 30.5 Å². The fraction of sp³-hybridized carbons (Fsp3) is 0.391. The van der Waals surface area contributed by atoms with Gasteiger partial charge >= 0.3 is 11.8 Å². The molecule has 2 amide bonds. The van der Waals surface area contributed by atoms with E-state index in [9.17, 15) is 9.59 Å². The molecule has 0 saturated carbocycles. The maximum absolute atomic E-state index is 13.2. The number of piperidine rings is 1. The Kier molecular flexibility index (Phi) is 5.63. The number of aryl methyl sites for hydroxylation is 2. The molecule has 2 atom stereocenters. The lowest BCUT2D eigenvalue weighted by molar-refractivity contribution is -0.146. The fourth-order valence-corrected chi connectivity index (χ4v) is 4.27. The molecule has 1 aliphatic rings. The summed E-state index contributed by atoms with van der Waals surface area (Å²) in [5.41, 5.74) is 9.98. The number of H-pyrrole nitrogens is 1. The zero-order valence-corrected chi connectivity index (χ0v) is 18.1. The molecular formula is C23H28N6O2. The molecule has 1 aromatic carbocycles. The van der Waals surface area contributed by atoms with Crippen LogP contribution < -0.4 is 11.1 Å². The first kappa shape index (κ1) is 20.8. The van der Waals surface area contributed by atoms with Crippen molar-refractivity contribution in [3.8, 4) is 0 Å². The van der Waals surface area contributed by atoms with Gasteiger partial charge in [-0.1, -0.05) is 19.9 Å². The van der Waals surface area contributed by atoms with Crippen molar-refractivity contribution in [3.05, 3.63) is 47.4 Å². The molecule has 1 fully saturated rings. The molecule has 4 N–H and O–H groups in total. The SMILES string of the molecule is CCc1cc(NC(=O)C(=O)N2C[C@@H](C)CC[C@@H]2c2ccc3nc(C)[nH]c3c2)cnc1N. The van der Waals surface area contributed by atoms with Crippen molar-refractivity contribution in [1.82, 2.24) is 19.9 Å². The van der Waals surface area contributed by atoms with Crippen LogP contribution in [-0.4, -0.2) is 38.2 Å². The number of carbonyl (C=O) groups is 2. The van der Waals surface area contributed by atoms with Gasteiger partial charge in [-0.25, -0.2) is 9.97 Å². The largest absolute Gasteiger partial charge is 0.383 e. The summed E-state index contributed by atoms with van der Waals surface area (Å²) in [6, 6.07) is 7.60. The van der Waals surface area contributed by atoms with Crippen LogP contribution in [0.1, 0.15) is 49.7 Å². The molecule has 0 radical (unpaired) electrons. The van der Waals surface area contributed by atoms with Crippen LogP contribution in [0.5, 0.6) is 0 Å². The molecule has 2 aromatic heterocycles. The monoisotopic (exact) mass is 420 g/mol. The van der Waals surface area contributed by atoms with Crippen LogP contribution in [0.25, 0.3) is 11.0 Å². The molecule has 3 heterocycles. The number of likely N-dealkylation sites (tertiary alicyclic amines) is 1. The molecule has 0 aliphatic carbocycles. The summed E-state index contributed by atoms with van der Waals surface area (Å²) in [6.07, 6.45) is 3.97. The molecule has 31 heavy (non-hydrogen) atoms. The maximum atomic E-state index is 13.2. The standard InChI is InChI=1S/C23H28N6O2/c1-4-15-9-17(11-25-21(15)24)28-22(30)23(31)29-12-13(2)5-8-20(29)16-6-7-18-19(10-16)27-14(3)26-18/h6-7,9-11,13,20H,4-5,8,12H2,1-3H3,(H2,24,25)(H,26,27)(H,28,30)/t13-,20+/m0/s1. The lowest BCUT2D eigenvalue weighted by Crippen LogP contribution is -2.46. The van der Waals surface area contributed by atoms with Gasteiger partial charge in [0.2, 0.25) is 0 Å². The van der Waals surface area contributed by atoms with Crippen molar-refractivity contribution in [2.24, 2.45) is 5.92 Å². The number of anilines is 2. The number of hydrogen-bond acceptors (Lipinski definition) is 5. The van der Waals surface area contributed by atoms with Crippen molar-refractivity contribution in [2.45, 2.75) is 46.1 Å². The average Bonchev–Trinajstić information content (AvgIpc) is 3.13. The van der Waals surface area contributed by atoms with Gasteiger partial charge in [0.1, 0.15) is 11.6 Å². The number of imidazole rings is 1. The fourth-order valence-electron chi connectivity index (χ4n) is 4.27. The molecule has 4 rings (SSSR count). The second-order valence-electron chi connectivity index (χ2n) is 8.33. The summed E-state index contributed by atoms with van der Waals surface area (Å²) in [4.78, 5) is 39.5. The van der Waals surface area contributed by atoms with Crippen molar-refractivity contribution < 1.29 is 9.59 Å². The second kappa shape index (κ2) is 8.37. The first-order chi connectivity index (χ1) is 14.9. The number of rotatable bonds is 3. The molecule has 8 nitrogen and oxygen atoms in total. The van der Waals surface area contributed by atoms with E-state index in [-0.39, 0.29) is 6.04 Å². The van der Waals surface area contributed by atoms with Crippen LogP contribution in [-0.2, 0) is 16.0 Å². The van der Waals surface area contributed by atoms with Crippen LogP contribution in [0.4, 0.5) is 11.5 Å². The Morgan fingerprint density at radius 1 is 1.29 bits per heavy atom. The molecule has 1 aliphatic heterocycles. The highest BCUT2D eigenvalue weighted by Crippen LogP contribution is 2.34. The van der Waals surface area contributed by atoms with Gasteiger partial charge in [0.15, 0.2) is 0 Å². The van der Waals surface area contributed by atoms with Crippen molar-refractivity contribution in [1.29, 1.82) is 0 Å². The summed E-state index contributed by atoms with van der Waals surface area (Å²) >= 11 is 0. The first-order valence-electron chi connectivity index (χ1n) is 10.7. The predicted octanol–water partition coefficient (Wildman–Crippen LogP) is 3.35. The van der Waals surface area contributed by atoms with Crippen molar-refractivity contribution in [3.63, 3.8) is 0 Å². The van der Waals surface area contributed by atoms with Gasteiger partial charge in [-0.2, -0.15) is 0 Å². The Balaban J connectivity index is 1.57. The molecule has 0 unspecified atom stereocenters. The average molecular weight is 421 g/mol. The zero-order valence-electron chi connectivity index (χ0n) is 18.1. The van der Waals surface area contributed by atoms with E-state index in [2.05, 4.69) is 27.2 Å². The van der Waals surface area contributed by atoms with Gasteiger partial charge in [0.25, 0.3) is 0 Å². The number of benzene rings is 1. The van der Waals surface area contributed by atoms with Gasteiger partial charge < -0.3 is 20.9 Å². The van der Waals surface area contributed by atoms with Crippen LogP contribution in [0.2, 0.25) is 0 Å². The number of nitrogens with zero attached hydrogens (tertiary/aromatic N) is 3. The minimum Gasteiger partial charge on any atom is -0.383 e. The molecule has 162 valence electrons. The van der Waals surface area contributed by atoms with Gasteiger partial charge in [-0.15, -0.1) is 0 Å². The Hall–Kier alpha value is -3.42. The quantitative estimate of drug-likeness (QED) is 0.562. The third-order valence-corrected chi connectivity index (χ3v) is 5.92. The summed E-state index contributed by atoms with van der Waals surface area (Å²) in [5.74, 6) is 0.413. The summed E-state index contributed by atoms with van der Waals surface area (Å²) in [5, 5.41) is 2.70. The Morgan fingerprint density at radius 3 is 2.87 bits per heavy atom. The highest BCUT2D eigenvalue weighted by molar-refractivity contribution is 6.39. The zero-order chi connectivity index (χ0) is 22.1. The highest BCUT2D eigenvalue weighted by atomic mass is 16.2. The topological polar surface area (TPSA) is 117 Å². The van der Waals surface area contributed by atoms with Crippen molar-refractivity contribution in [2.75, 3.05) is 17.6 Å². The lowest BCUT2D eigenvalue weighted by Gasteiger charge is -2.38. The highest BCUT2D eigenvalue weighted by Gasteiger charge is 2.34. The number of nitrogen functional groups attached to an aromatic ring is 1. The number of carbonyl (C=O) groups excluding carboxylic acids is 2. The van der Waals surface area contributed by atoms with E-state index in [1.165, 1.54) is 6.20 Å². The number of pyridine rings is 1. The Bertz CT molecular complexity index is 1140. The number of hydrogen-bond donors (Lipinski definition) is 3. The Morgan fingerprint density at radius 2 is 2.10 bits per heavy atom. The minimum atomic E-state index is -0.661. The molecular weight excluding hydrogens is 392 g/mol. The normalized spacial score (nSPS) is 18.9. The molecule has 8 heteroatoms.